The molecule has 0 aliphatic heterocycles. The third-order valence-electron chi connectivity index (χ3n) is 3.15. The molecule has 2 rings (SSSR count). The molecule has 0 aliphatic rings. The first kappa shape index (κ1) is 18.0. The van der Waals surface area contributed by atoms with Gasteiger partial charge in [-0.2, -0.15) is 0 Å². The van der Waals surface area contributed by atoms with Crippen LogP contribution in [0.5, 0.6) is 0 Å². The zero-order chi connectivity index (χ0) is 17.0. The Balaban J connectivity index is 2.51. The number of aromatic nitrogens is 1. The first-order chi connectivity index (χ1) is 10.9. The molecule has 0 aromatic carbocycles. The molecule has 0 aliphatic carbocycles. The van der Waals surface area contributed by atoms with Gasteiger partial charge in [-0.05, 0) is 32.3 Å². The Bertz CT molecular complexity index is 678. The SMILES string of the molecule is CCOP(=O)(OCC)c1ccoc1-c1oc(C)nc1CC(C)C. The molecule has 6 nitrogen and oxygen atoms in total. The maximum atomic E-state index is 13.0. The number of hydrogen-bond acceptors (Lipinski definition) is 6. The van der Waals surface area contributed by atoms with E-state index >= 15 is 0 Å². The molecule has 2 heterocycles. The Morgan fingerprint density at radius 1 is 1.22 bits per heavy atom. The summed E-state index contributed by atoms with van der Waals surface area (Å²) in [6.07, 6.45) is 2.20. The molecule has 0 saturated heterocycles. The van der Waals surface area contributed by atoms with E-state index in [1.165, 1.54) is 6.26 Å². The smallest absolute Gasteiger partial charge is 0.365 e. The van der Waals surface area contributed by atoms with Crippen LogP contribution in [0.4, 0.5) is 0 Å². The molecular formula is C16H24NO5P. The highest BCUT2D eigenvalue weighted by Gasteiger charge is 2.34. The largest absolute Gasteiger partial charge is 0.460 e. The van der Waals surface area contributed by atoms with Gasteiger partial charge in [0.25, 0.3) is 0 Å². The van der Waals surface area contributed by atoms with Crippen LogP contribution in [0.1, 0.15) is 39.3 Å². The van der Waals surface area contributed by atoms with Gasteiger partial charge in [0, 0.05) is 6.92 Å². The van der Waals surface area contributed by atoms with Crippen molar-refractivity contribution in [1.82, 2.24) is 4.98 Å². The van der Waals surface area contributed by atoms with E-state index in [0.29, 0.717) is 28.6 Å². The average Bonchev–Trinajstić information content (AvgIpc) is 3.05. The van der Waals surface area contributed by atoms with Crippen molar-refractivity contribution in [2.24, 2.45) is 5.92 Å². The number of hydrogen-bond donors (Lipinski definition) is 0. The molecular weight excluding hydrogens is 317 g/mol. The van der Waals surface area contributed by atoms with Gasteiger partial charge >= 0.3 is 7.60 Å². The summed E-state index contributed by atoms with van der Waals surface area (Å²) in [5.74, 6) is 1.81. The Morgan fingerprint density at radius 2 is 1.87 bits per heavy atom. The first-order valence-corrected chi connectivity index (χ1v) is 9.39. The van der Waals surface area contributed by atoms with Gasteiger partial charge in [-0.3, -0.25) is 4.57 Å². The van der Waals surface area contributed by atoms with Crippen LogP contribution in [0.2, 0.25) is 0 Å². The van der Waals surface area contributed by atoms with Crippen LogP contribution in [0, 0.1) is 12.8 Å². The molecule has 0 amide bonds. The minimum atomic E-state index is -3.45. The second-order valence-electron chi connectivity index (χ2n) is 5.57. The topological polar surface area (TPSA) is 74.7 Å². The van der Waals surface area contributed by atoms with E-state index in [4.69, 9.17) is 17.9 Å². The number of nitrogens with zero attached hydrogens (tertiary/aromatic N) is 1. The summed E-state index contributed by atoms with van der Waals surface area (Å²) >= 11 is 0. The molecule has 2 aromatic heterocycles. The fraction of sp³-hybridized carbons (Fsp3) is 0.562. The summed E-state index contributed by atoms with van der Waals surface area (Å²) in [4.78, 5) is 4.42. The van der Waals surface area contributed by atoms with Crippen molar-refractivity contribution < 1.29 is 22.4 Å². The number of oxazole rings is 1. The Kier molecular flexibility index (Phi) is 5.84. The summed E-state index contributed by atoms with van der Waals surface area (Å²) in [5, 5.41) is 0.377. The fourth-order valence-electron chi connectivity index (χ4n) is 2.38. The summed E-state index contributed by atoms with van der Waals surface area (Å²) in [6, 6.07) is 1.61. The van der Waals surface area contributed by atoms with Gasteiger partial charge in [0.2, 0.25) is 0 Å². The van der Waals surface area contributed by atoms with E-state index in [0.717, 1.165) is 12.1 Å². The van der Waals surface area contributed by atoms with Crippen LogP contribution in [0.15, 0.2) is 21.2 Å². The van der Waals surface area contributed by atoms with Crippen molar-refractivity contribution >= 4 is 12.9 Å². The van der Waals surface area contributed by atoms with Crippen LogP contribution < -0.4 is 5.30 Å². The van der Waals surface area contributed by atoms with E-state index in [9.17, 15) is 4.57 Å². The highest BCUT2D eigenvalue weighted by atomic mass is 31.2. The van der Waals surface area contributed by atoms with Crippen molar-refractivity contribution in [3.63, 3.8) is 0 Å². The minimum Gasteiger partial charge on any atom is -0.460 e. The quantitative estimate of drug-likeness (QED) is 0.665. The predicted molar refractivity (Wildman–Crippen MR) is 88.0 cm³/mol. The summed E-state index contributed by atoms with van der Waals surface area (Å²) in [6.45, 7) is 10.1. The monoisotopic (exact) mass is 341 g/mol. The lowest BCUT2D eigenvalue weighted by Crippen LogP contribution is -2.11. The molecule has 0 spiro atoms. The van der Waals surface area contributed by atoms with Crippen LogP contribution in [-0.4, -0.2) is 18.2 Å². The lowest BCUT2D eigenvalue weighted by molar-refractivity contribution is 0.230. The third kappa shape index (κ3) is 3.94. The normalized spacial score (nSPS) is 12.3. The Morgan fingerprint density at radius 3 is 2.43 bits per heavy atom. The molecule has 0 fully saturated rings. The molecule has 128 valence electrons. The van der Waals surface area contributed by atoms with Crippen LogP contribution in [0.3, 0.4) is 0 Å². The summed E-state index contributed by atoms with van der Waals surface area (Å²) < 4.78 is 35.1. The van der Waals surface area contributed by atoms with Gasteiger partial charge < -0.3 is 17.9 Å². The third-order valence-corrected chi connectivity index (χ3v) is 5.29. The van der Waals surface area contributed by atoms with Crippen molar-refractivity contribution in [1.29, 1.82) is 0 Å². The molecule has 0 bridgehead atoms. The van der Waals surface area contributed by atoms with Gasteiger partial charge in [-0.25, -0.2) is 4.98 Å². The lowest BCUT2D eigenvalue weighted by Gasteiger charge is -2.16. The molecule has 0 N–H and O–H groups in total. The highest BCUT2D eigenvalue weighted by Crippen LogP contribution is 2.49. The molecule has 0 saturated carbocycles. The van der Waals surface area contributed by atoms with Crippen molar-refractivity contribution in [2.75, 3.05) is 13.2 Å². The van der Waals surface area contributed by atoms with E-state index in [-0.39, 0.29) is 13.2 Å². The van der Waals surface area contributed by atoms with Gasteiger partial charge in [-0.15, -0.1) is 0 Å². The van der Waals surface area contributed by atoms with Crippen molar-refractivity contribution in [3.8, 4) is 11.5 Å². The van der Waals surface area contributed by atoms with Crippen LogP contribution >= 0.6 is 7.60 Å². The van der Waals surface area contributed by atoms with E-state index in [1.807, 2.05) is 0 Å². The van der Waals surface area contributed by atoms with Gasteiger partial charge in [0.1, 0.15) is 5.30 Å². The Labute approximate surface area is 136 Å². The van der Waals surface area contributed by atoms with Crippen LogP contribution in [-0.2, 0) is 20.0 Å². The second-order valence-corrected chi connectivity index (χ2v) is 7.57. The lowest BCUT2D eigenvalue weighted by atomic mass is 10.1. The van der Waals surface area contributed by atoms with Crippen molar-refractivity contribution in [2.45, 2.75) is 41.0 Å². The molecule has 23 heavy (non-hydrogen) atoms. The molecule has 0 unspecified atom stereocenters. The number of rotatable bonds is 8. The predicted octanol–water partition coefficient (Wildman–Crippen LogP) is 4.33. The van der Waals surface area contributed by atoms with E-state index in [2.05, 4.69) is 18.8 Å². The first-order valence-electron chi connectivity index (χ1n) is 7.85. The molecule has 0 radical (unpaired) electrons. The maximum absolute atomic E-state index is 13.0. The molecule has 0 atom stereocenters. The summed E-state index contributed by atoms with van der Waals surface area (Å²) in [7, 11) is -3.45. The van der Waals surface area contributed by atoms with Gasteiger partial charge in [0.15, 0.2) is 17.4 Å². The maximum Gasteiger partial charge on any atom is 0.365 e. The average molecular weight is 341 g/mol. The number of furan rings is 1. The highest BCUT2D eigenvalue weighted by molar-refractivity contribution is 7.62. The second kappa shape index (κ2) is 7.47. The Hall–Kier alpha value is -1.36. The van der Waals surface area contributed by atoms with E-state index < -0.39 is 7.60 Å². The summed E-state index contributed by atoms with van der Waals surface area (Å²) in [5.41, 5.74) is 0.785. The molecule has 7 heteroatoms. The zero-order valence-corrected chi connectivity index (χ0v) is 15.2. The standard InChI is InChI=1S/C16H24NO5P/c1-6-20-23(18,21-7-2)14-8-9-19-16(14)15-13(10-11(3)4)17-12(5)22-15/h8-9,11H,6-7,10H2,1-5H3. The van der Waals surface area contributed by atoms with Gasteiger partial charge in [0.05, 0.1) is 25.2 Å². The number of aryl methyl sites for hydroxylation is 1. The van der Waals surface area contributed by atoms with E-state index in [1.54, 1.807) is 26.8 Å². The van der Waals surface area contributed by atoms with Crippen LogP contribution in [0.25, 0.3) is 11.5 Å². The minimum absolute atomic E-state index is 0.274. The van der Waals surface area contributed by atoms with Crippen molar-refractivity contribution in [3.05, 3.63) is 23.9 Å². The zero-order valence-electron chi connectivity index (χ0n) is 14.3. The fourth-order valence-corrected chi connectivity index (χ4v) is 4.06. The molecule has 2 aromatic rings. The van der Waals surface area contributed by atoms with Gasteiger partial charge in [-0.1, -0.05) is 13.8 Å².